The van der Waals surface area contributed by atoms with Gasteiger partial charge in [-0.25, -0.2) is 4.79 Å². The topological polar surface area (TPSA) is 32.9 Å². The maximum atomic E-state index is 11.6. The van der Waals surface area contributed by atoms with Crippen LogP contribution in [0.5, 0.6) is 0 Å². The average Bonchev–Trinajstić information content (AvgIpc) is 2.45. The summed E-state index contributed by atoms with van der Waals surface area (Å²) in [5.74, 6) is 0.891. The Bertz CT molecular complexity index is 514. The van der Waals surface area contributed by atoms with E-state index in [1.165, 1.54) is 0 Å². The van der Waals surface area contributed by atoms with Gasteiger partial charge in [0.15, 0.2) is 0 Å². The van der Waals surface area contributed by atoms with Crippen LogP contribution in [0.1, 0.15) is 13.3 Å². The maximum absolute atomic E-state index is 11.6. The summed E-state index contributed by atoms with van der Waals surface area (Å²) < 4.78 is 1.00. The molecule has 0 saturated heterocycles. The molecule has 0 bridgehead atoms. The van der Waals surface area contributed by atoms with Gasteiger partial charge in [-0.05, 0) is 18.6 Å². The molecule has 2 rings (SSSR count). The van der Waals surface area contributed by atoms with Crippen LogP contribution in [0.25, 0.3) is 10.2 Å². The lowest BCUT2D eigenvalue weighted by atomic mass is 10.3. The van der Waals surface area contributed by atoms with Crippen LogP contribution in [0.4, 0.5) is 0 Å². The van der Waals surface area contributed by atoms with Crippen LogP contribution in [-0.2, 0) is 5.75 Å². The van der Waals surface area contributed by atoms with E-state index in [4.69, 9.17) is 11.6 Å². The van der Waals surface area contributed by atoms with Crippen LogP contribution in [0.15, 0.2) is 23.0 Å². The van der Waals surface area contributed by atoms with Crippen molar-refractivity contribution in [2.75, 3.05) is 0 Å². The molecule has 1 aromatic carbocycles. The Morgan fingerprint density at radius 1 is 1.50 bits per heavy atom. The highest BCUT2D eigenvalue weighted by Gasteiger charge is 2.20. The monoisotopic (exact) mass is 228 g/mol. The van der Waals surface area contributed by atoms with Gasteiger partial charge in [0.25, 0.3) is 0 Å². The number of fused-ring (bicyclic) bond motifs is 1. The lowest BCUT2D eigenvalue weighted by Crippen LogP contribution is -1.96. The van der Waals surface area contributed by atoms with Crippen LogP contribution in [0.3, 0.4) is 0 Å². The SMILES string of the molecule is CCC[s+]1c(=O)[nH]c2cccc(Cl)c21. The summed E-state index contributed by atoms with van der Waals surface area (Å²) in [5.41, 5.74) is 0.888. The standard InChI is InChI=1S/C10H10ClNOS/c1-2-6-14-9-7(11)4-3-5-8(9)12-10(14)13/h3-5H,2,6H2,1H3/p+1. The molecule has 0 amide bonds. The molecule has 1 aromatic heterocycles. The summed E-state index contributed by atoms with van der Waals surface area (Å²) in [6, 6.07) is 5.61. The Balaban J connectivity index is 2.79. The molecule has 4 heteroatoms. The summed E-state index contributed by atoms with van der Waals surface area (Å²) in [5, 5.41) is 0.706. The molecule has 0 fully saturated rings. The number of H-pyrrole nitrogens is 1. The molecular formula is C10H11ClNOS+. The third-order valence-corrected chi connectivity index (χ3v) is 4.81. The zero-order valence-electron chi connectivity index (χ0n) is 7.84. The molecule has 74 valence electrons. The van der Waals surface area contributed by atoms with E-state index in [0.29, 0.717) is 5.02 Å². The molecule has 1 N–H and O–H groups in total. The van der Waals surface area contributed by atoms with Crippen molar-refractivity contribution in [2.24, 2.45) is 0 Å². The molecule has 1 heterocycles. The van der Waals surface area contributed by atoms with Crippen LogP contribution < -0.4 is 4.87 Å². The van der Waals surface area contributed by atoms with Crippen molar-refractivity contribution in [2.45, 2.75) is 19.1 Å². The van der Waals surface area contributed by atoms with Gasteiger partial charge in [0, 0.05) is 0 Å². The Labute approximate surface area is 89.5 Å². The zero-order chi connectivity index (χ0) is 10.1. The minimum atomic E-state index is -0.341. The minimum Gasteiger partial charge on any atom is -0.272 e. The molecule has 0 spiro atoms. The van der Waals surface area contributed by atoms with Crippen molar-refractivity contribution in [3.05, 3.63) is 32.9 Å². The zero-order valence-corrected chi connectivity index (χ0v) is 9.41. The first kappa shape index (κ1) is 9.74. The normalized spacial score (nSPS) is 12.3. The Morgan fingerprint density at radius 2 is 2.29 bits per heavy atom. The highest BCUT2D eigenvalue weighted by atomic mass is 35.5. The molecular weight excluding hydrogens is 218 g/mol. The predicted molar refractivity (Wildman–Crippen MR) is 62.3 cm³/mol. The lowest BCUT2D eigenvalue weighted by Gasteiger charge is -1.88. The van der Waals surface area contributed by atoms with Gasteiger partial charge >= 0.3 is 4.87 Å². The first-order valence-corrected chi connectivity index (χ1v) is 6.31. The number of benzene rings is 1. The van der Waals surface area contributed by atoms with Crippen LogP contribution in [-0.4, -0.2) is 4.98 Å². The fourth-order valence-corrected chi connectivity index (χ4v) is 3.88. The summed E-state index contributed by atoms with van der Waals surface area (Å²) in [4.78, 5) is 14.6. The number of hydrogen-bond acceptors (Lipinski definition) is 1. The molecule has 0 radical (unpaired) electrons. The van der Waals surface area contributed by atoms with Crippen molar-refractivity contribution >= 4 is 32.3 Å². The van der Waals surface area contributed by atoms with E-state index in [2.05, 4.69) is 11.9 Å². The summed E-state index contributed by atoms with van der Waals surface area (Å²) in [6.07, 6.45) is 1.00. The third-order valence-electron chi connectivity index (χ3n) is 2.08. The fraction of sp³-hybridized carbons (Fsp3) is 0.300. The Morgan fingerprint density at radius 3 is 3.00 bits per heavy atom. The van der Waals surface area contributed by atoms with Crippen molar-refractivity contribution in [1.82, 2.24) is 4.98 Å². The van der Waals surface area contributed by atoms with Crippen molar-refractivity contribution in [3.8, 4) is 0 Å². The van der Waals surface area contributed by atoms with Gasteiger partial charge in [-0.3, -0.25) is 4.98 Å². The lowest BCUT2D eigenvalue weighted by molar-refractivity contribution is 1.03. The number of thiazole rings is 1. The van der Waals surface area contributed by atoms with Crippen molar-refractivity contribution in [3.63, 3.8) is 0 Å². The summed E-state index contributed by atoms with van der Waals surface area (Å²) in [6.45, 7) is 2.08. The Kier molecular flexibility index (Phi) is 2.61. The number of aromatic amines is 1. The molecule has 2 aromatic rings. The van der Waals surface area contributed by atoms with Gasteiger partial charge in [-0.15, -0.1) is 0 Å². The van der Waals surface area contributed by atoms with Crippen molar-refractivity contribution < 1.29 is 0 Å². The largest absolute Gasteiger partial charge is 0.455 e. The fourth-order valence-electron chi connectivity index (χ4n) is 1.52. The van der Waals surface area contributed by atoms with Crippen LogP contribution >= 0.6 is 22.1 Å². The second-order valence-electron chi connectivity index (χ2n) is 3.12. The van der Waals surface area contributed by atoms with Gasteiger partial charge in [0.2, 0.25) is 4.70 Å². The summed E-state index contributed by atoms with van der Waals surface area (Å²) >= 11 is 6.08. The van der Waals surface area contributed by atoms with E-state index >= 15 is 0 Å². The molecule has 14 heavy (non-hydrogen) atoms. The average molecular weight is 229 g/mol. The quantitative estimate of drug-likeness (QED) is 0.786. The van der Waals surface area contributed by atoms with Crippen LogP contribution in [0.2, 0.25) is 5.02 Å². The second kappa shape index (κ2) is 3.75. The Hall–Kier alpha value is -0.800. The molecule has 1 atom stereocenters. The third kappa shape index (κ3) is 1.47. The number of aryl methyl sites for hydroxylation is 1. The molecule has 2 nitrogen and oxygen atoms in total. The van der Waals surface area contributed by atoms with E-state index in [-0.39, 0.29) is 15.3 Å². The number of aromatic nitrogens is 1. The maximum Gasteiger partial charge on any atom is 0.455 e. The predicted octanol–water partition coefficient (Wildman–Crippen LogP) is 3.34. The molecule has 0 aliphatic carbocycles. The number of rotatable bonds is 2. The second-order valence-corrected chi connectivity index (χ2v) is 5.50. The van der Waals surface area contributed by atoms with E-state index in [1.807, 2.05) is 18.2 Å². The highest BCUT2D eigenvalue weighted by Crippen LogP contribution is 2.32. The van der Waals surface area contributed by atoms with E-state index in [1.54, 1.807) is 0 Å². The summed E-state index contributed by atoms with van der Waals surface area (Å²) in [7, 11) is -0.341. The van der Waals surface area contributed by atoms with Gasteiger partial charge in [0.05, 0.1) is 10.5 Å². The van der Waals surface area contributed by atoms with E-state index in [0.717, 1.165) is 22.4 Å². The van der Waals surface area contributed by atoms with Gasteiger partial charge in [-0.1, -0.05) is 24.6 Å². The highest BCUT2D eigenvalue weighted by molar-refractivity contribution is 7.35. The smallest absolute Gasteiger partial charge is 0.272 e. The van der Waals surface area contributed by atoms with Gasteiger partial charge < -0.3 is 0 Å². The van der Waals surface area contributed by atoms with Crippen LogP contribution in [0, 0.1) is 0 Å². The van der Waals surface area contributed by atoms with E-state index in [9.17, 15) is 4.79 Å². The number of hydrogen-bond donors (Lipinski definition) is 1. The van der Waals surface area contributed by atoms with Gasteiger partial charge in [-0.2, -0.15) is 0 Å². The van der Waals surface area contributed by atoms with Gasteiger partial charge in [0.1, 0.15) is 16.3 Å². The minimum absolute atomic E-state index is 0.106. The first-order chi connectivity index (χ1) is 6.74. The molecule has 0 aliphatic heterocycles. The molecule has 0 saturated carbocycles. The first-order valence-electron chi connectivity index (χ1n) is 4.54. The van der Waals surface area contributed by atoms with Crippen molar-refractivity contribution in [1.29, 1.82) is 0 Å². The number of nitrogens with one attached hydrogen (secondary N) is 1. The molecule has 0 aliphatic rings. The number of halogens is 1. The molecule has 1 unspecified atom stereocenters. The van der Waals surface area contributed by atoms with E-state index < -0.39 is 0 Å².